The van der Waals surface area contributed by atoms with E-state index in [4.69, 9.17) is 15.2 Å². The number of nitrogens with two attached hydrogens (primary N) is 1. The van der Waals surface area contributed by atoms with Crippen LogP contribution in [0.1, 0.15) is 12.8 Å². The number of primary amides is 1. The number of ether oxygens (including phenoxy) is 2. The van der Waals surface area contributed by atoms with Crippen molar-refractivity contribution in [1.29, 1.82) is 0 Å². The smallest absolute Gasteiger partial charge is 0.329 e. The first-order chi connectivity index (χ1) is 9.96. The largest absolute Gasteiger partial charge is 0.480 e. The summed E-state index contributed by atoms with van der Waals surface area (Å²) in [4.78, 5) is 36.4. The number of hydrogen-bond acceptors (Lipinski definition) is 5. The molecule has 0 spiro atoms. The van der Waals surface area contributed by atoms with Crippen molar-refractivity contribution in [3.63, 3.8) is 0 Å². The van der Waals surface area contributed by atoms with Gasteiger partial charge in [-0.05, 0) is 0 Å². The predicted molar refractivity (Wildman–Crippen MR) is 69.5 cm³/mol. The molecule has 0 aromatic rings. The second kappa shape index (κ2) is 6.27. The lowest BCUT2D eigenvalue weighted by Gasteiger charge is -2.39. The van der Waals surface area contributed by atoms with Gasteiger partial charge in [0.15, 0.2) is 0 Å². The van der Waals surface area contributed by atoms with Gasteiger partial charge >= 0.3 is 12.0 Å². The second-order valence-electron chi connectivity index (χ2n) is 5.12. The Labute approximate surface area is 121 Å². The Morgan fingerprint density at radius 2 is 1.86 bits per heavy atom. The Kier molecular flexibility index (Phi) is 4.63. The maximum absolute atomic E-state index is 12.3. The molecule has 1 unspecified atom stereocenters. The molecule has 2 rings (SSSR count). The minimum absolute atomic E-state index is 0.0198. The van der Waals surface area contributed by atoms with E-state index >= 15 is 0 Å². The first-order valence-electron chi connectivity index (χ1n) is 6.73. The van der Waals surface area contributed by atoms with Crippen LogP contribution in [0.5, 0.6) is 0 Å². The van der Waals surface area contributed by atoms with E-state index in [9.17, 15) is 19.5 Å². The van der Waals surface area contributed by atoms with Crippen molar-refractivity contribution in [2.24, 2.45) is 5.73 Å². The molecule has 9 nitrogen and oxygen atoms in total. The van der Waals surface area contributed by atoms with Crippen LogP contribution < -0.4 is 11.1 Å². The molecule has 118 valence electrons. The van der Waals surface area contributed by atoms with Gasteiger partial charge in [-0.3, -0.25) is 4.79 Å². The number of morpholine rings is 1. The molecular weight excluding hydrogens is 282 g/mol. The molecule has 2 aliphatic rings. The Morgan fingerprint density at radius 3 is 2.43 bits per heavy atom. The van der Waals surface area contributed by atoms with E-state index in [1.807, 2.05) is 0 Å². The van der Waals surface area contributed by atoms with Gasteiger partial charge in [0.2, 0.25) is 5.91 Å². The molecule has 9 heteroatoms. The van der Waals surface area contributed by atoms with Gasteiger partial charge in [-0.1, -0.05) is 0 Å². The molecule has 0 aromatic heterocycles. The molecule has 2 heterocycles. The average molecular weight is 301 g/mol. The van der Waals surface area contributed by atoms with Crippen molar-refractivity contribution in [3.8, 4) is 0 Å². The van der Waals surface area contributed by atoms with E-state index in [-0.39, 0.29) is 45.8 Å². The van der Waals surface area contributed by atoms with E-state index < -0.39 is 29.5 Å². The number of carbonyl (C=O) groups is 3. The molecule has 1 atom stereocenters. The number of amides is 3. The number of rotatable bonds is 3. The lowest BCUT2D eigenvalue weighted by molar-refractivity contribution is -0.148. The van der Waals surface area contributed by atoms with E-state index in [0.717, 1.165) is 0 Å². The van der Waals surface area contributed by atoms with Gasteiger partial charge < -0.3 is 30.5 Å². The summed E-state index contributed by atoms with van der Waals surface area (Å²) in [6.45, 7) is 1.00. The summed E-state index contributed by atoms with van der Waals surface area (Å²) in [5.74, 6) is -1.79. The Hall–Kier alpha value is -1.87. The standard InChI is InChI=1S/C12H19N3O6/c13-9(16)8-7-21-6-3-15(8)11(19)14-12(10(17)18)1-4-20-5-2-12/h8H,1-7H2,(H2,13,16)(H,14,19)(H,17,18). The highest BCUT2D eigenvalue weighted by molar-refractivity contribution is 5.90. The molecule has 3 amide bonds. The fourth-order valence-electron chi connectivity index (χ4n) is 2.47. The van der Waals surface area contributed by atoms with Crippen LogP contribution in [0, 0.1) is 0 Å². The summed E-state index contributed by atoms with van der Waals surface area (Å²) in [6, 6.07) is -1.50. The van der Waals surface area contributed by atoms with Gasteiger partial charge in [-0.2, -0.15) is 0 Å². The van der Waals surface area contributed by atoms with Crippen LogP contribution >= 0.6 is 0 Å². The summed E-state index contributed by atoms with van der Waals surface area (Å²) in [5.41, 5.74) is 3.88. The van der Waals surface area contributed by atoms with Gasteiger partial charge in [0.05, 0.1) is 13.2 Å². The number of nitrogens with zero attached hydrogens (tertiary/aromatic N) is 1. The summed E-state index contributed by atoms with van der Waals surface area (Å²) in [6.07, 6.45) is 0.360. The molecule has 21 heavy (non-hydrogen) atoms. The van der Waals surface area contributed by atoms with Crippen LogP contribution in [0.2, 0.25) is 0 Å². The summed E-state index contributed by atoms with van der Waals surface area (Å²) < 4.78 is 10.3. The van der Waals surface area contributed by atoms with Gasteiger partial charge in [0.25, 0.3) is 0 Å². The van der Waals surface area contributed by atoms with E-state index in [2.05, 4.69) is 5.32 Å². The van der Waals surface area contributed by atoms with Gasteiger partial charge in [0, 0.05) is 32.6 Å². The van der Waals surface area contributed by atoms with Gasteiger partial charge in [0.1, 0.15) is 11.6 Å². The molecule has 2 saturated heterocycles. The van der Waals surface area contributed by atoms with E-state index in [1.165, 1.54) is 4.90 Å². The summed E-state index contributed by atoms with van der Waals surface area (Å²) in [7, 11) is 0. The van der Waals surface area contributed by atoms with Crippen LogP contribution in [0.4, 0.5) is 4.79 Å². The molecule has 0 radical (unpaired) electrons. The number of nitrogens with one attached hydrogen (secondary N) is 1. The second-order valence-corrected chi connectivity index (χ2v) is 5.12. The maximum Gasteiger partial charge on any atom is 0.329 e. The zero-order chi connectivity index (χ0) is 15.5. The van der Waals surface area contributed by atoms with Crippen molar-refractivity contribution >= 4 is 17.9 Å². The van der Waals surface area contributed by atoms with Crippen molar-refractivity contribution in [2.75, 3.05) is 33.0 Å². The number of aliphatic carboxylic acids is 1. The number of urea groups is 1. The monoisotopic (exact) mass is 301 g/mol. The molecule has 0 saturated carbocycles. The third-order valence-corrected chi connectivity index (χ3v) is 3.82. The van der Waals surface area contributed by atoms with Crippen molar-refractivity contribution in [3.05, 3.63) is 0 Å². The fraction of sp³-hybridized carbons (Fsp3) is 0.750. The van der Waals surface area contributed by atoms with Crippen LogP contribution in [0.25, 0.3) is 0 Å². The normalized spacial score (nSPS) is 25.1. The minimum Gasteiger partial charge on any atom is -0.480 e. The Balaban J connectivity index is 2.10. The quantitative estimate of drug-likeness (QED) is 0.582. The molecule has 0 aromatic carbocycles. The first kappa shape index (κ1) is 15.5. The third-order valence-electron chi connectivity index (χ3n) is 3.82. The lowest BCUT2D eigenvalue weighted by atomic mass is 9.90. The van der Waals surface area contributed by atoms with Crippen LogP contribution in [-0.2, 0) is 19.1 Å². The van der Waals surface area contributed by atoms with Crippen molar-refractivity contribution < 1.29 is 29.0 Å². The highest BCUT2D eigenvalue weighted by atomic mass is 16.5. The maximum atomic E-state index is 12.3. The SMILES string of the molecule is NC(=O)C1COCCN1C(=O)NC1(C(=O)O)CCOCC1. The molecule has 0 aliphatic carbocycles. The molecule has 4 N–H and O–H groups in total. The lowest BCUT2D eigenvalue weighted by Crippen LogP contribution is -2.64. The van der Waals surface area contributed by atoms with E-state index in [1.54, 1.807) is 0 Å². The third kappa shape index (κ3) is 3.24. The number of carboxylic acids is 1. The summed E-state index contributed by atoms with van der Waals surface area (Å²) in [5, 5.41) is 11.9. The van der Waals surface area contributed by atoms with Crippen LogP contribution in [0.15, 0.2) is 0 Å². The summed E-state index contributed by atoms with van der Waals surface area (Å²) >= 11 is 0. The topological polar surface area (TPSA) is 131 Å². The fourth-order valence-corrected chi connectivity index (χ4v) is 2.47. The Morgan fingerprint density at radius 1 is 1.19 bits per heavy atom. The van der Waals surface area contributed by atoms with Gasteiger partial charge in [-0.15, -0.1) is 0 Å². The zero-order valence-electron chi connectivity index (χ0n) is 11.5. The van der Waals surface area contributed by atoms with Crippen LogP contribution in [-0.4, -0.2) is 72.5 Å². The minimum atomic E-state index is -1.37. The molecular formula is C12H19N3O6. The Bertz CT molecular complexity index is 435. The average Bonchev–Trinajstić information content (AvgIpc) is 2.48. The molecule has 0 bridgehead atoms. The van der Waals surface area contributed by atoms with E-state index in [0.29, 0.717) is 0 Å². The van der Waals surface area contributed by atoms with Gasteiger partial charge in [-0.25, -0.2) is 9.59 Å². The number of carboxylic acid groups (broad SMARTS) is 1. The highest BCUT2D eigenvalue weighted by Crippen LogP contribution is 2.22. The van der Waals surface area contributed by atoms with Crippen LogP contribution in [0.3, 0.4) is 0 Å². The number of carbonyl (C=O) groups excluding carboxylic acids is 2. The molecule has 2 aliphatic heterocycles. The molecule has 2 fully saturated rings. The zero-order valence-corrected chi connectivity index (χ0v) is 11.5. The van der Waals surface area contributed by atoms with Crippen molar-refractivity contribution in [1.82, 2.24) is 10.2 Å². The van der Waals surface area contributed by atoms with Crippen molar-refractivity contribution in [2.45, 2.75) is 24.4 Å². The predicted octanol–water partition coefficient (Wildman–Crippen LogP) is -1.48. The number of hydrogen-bond donors (Lipinski definition) is 3. The first-order valence-corrected chi connectivity index (χ1v) is 6.73. The highest BCUT2D eigenvalue weighted by Gasteiger charge is 2.44.